The van der Waals surface area contributed by atoms with Crippen LogP contribution in [0.1, 0.15) is 117 Å². The molecule has 0 aromatic carbocycles. The van der Waals surface area contributed by atoms with E-state index in [1.165, 1.54) is 52.5 Å². The molecule has 5 rings (SSSR count). The Bertz CT molecular complexity index is 2240. The number of unbranched alkanes of at least 4 members (excludes halogenated alkanes) is 9. The number of nitrogens with zero attached hydrogens (tertiary/aromatic N) is 3. The third-order valence-electron chi connectivity index (χ3n) is 15.1. The average molecular weight is 1130 g/mol. The van der Waals surface area contributed by atoms with Crippen LogP contribution >= 0.6 is 0 Å². The lowest BCUT2D eigenvalue weighted by atomic mass is 9.97. The van der Waals surface area contributed by atoms with E-state index in [4.69, 9.17) is 53.1 Å². The highest BCUT2D eigenvalue weighted by atomic mass is 16.7. The Morgan fingerprint density at radius 1 is 0.759 bits per heavy atom. The Labute approximate surface area is 459 Å². The number of rotatable bonds is 30. The molecule has 79 heavy (non-hydrogen) atoms. The SMILES string of the molecule is CCCCCCCCCCCC[C@@H](CC(=O)O[C@H]1CN(C)[C@@H]([C@H](O[C@@H]2O[C@H](CN)[C@@H](O)[C@H]2O)[C@H]2O[C@@H](n3ccc(=O)[nH]c3=O)[C@H](O)[C@@H]2O)C(=O)N(C)[C@@H]1C(=O)O)OC(=O)C[C@H](C)CC(=O)O[C@@H]1O[C@@H](C)C(OC)[C@@H](OC)[C@H]1OC. The Hall–Kier alpha value is -4.49. The van der Waals surface area contributed by atoms with Gasteiger partial charge in [-0.2, -0.15) is 0 Å². The van der Waals surface area contributed by atoms with Crippen molar-refractivity contribution in [1.82, 2.24) is 19.4 Å². The number of carboxylic acids is 1. The summed E-state index contributed by atoms with van der Waals surface area (Å²) in [6, 6.07) is -2.60. The number of carbonyl (C=O) groups is 5. The van der Waals surface area contributed by atoms with Gasteiger partial charge in [0, 0.05) is 66.6 Å². The van der Waals surface area contributed by atoms with Gasteiger partial charge >= 0.3 is 29.6 Å². The second-order valence-corrected chi connectivity index (χ2v) is 21.1. The third-order valence-corrected chi connectivity index (χ3v) is 15.1. The van der Waals surface area contributed by atoms with E-state index < -0.39 is 170 Å². The molecule has 1 unspecified atom stereocenters. The number of carboxylic acid groups (broad SMARTS) is 1. The molecule has 4 fully saturated rings. The number of carbonyl (C=O) groups excluding carboxylic acids is 4. The van der Waals surface area contributed by atoms with Crippen molar-refractivity contribution in [3.8, 4) is 0 Å². The third kappa shape index (κ3) is 17.0. The summed E-state index contributed by atoms with van der Waals surface area (Å²) in [4.78, 5) is 97.5. The molecule has 0 bridgehead atoms. The van der Waals surface area contributed by atoms with E-state index in [1.807, 2.05) is 4.98 Å². The molecular formula is C52H85N5O22. The van der Waals surface area contributed by atoms with E-state index >= 15 is 0 Å². The van der Waals surface area contributed by atoms with Gasteiger partial charge in [0.1, 0.15) is 79.3 Å². The molecule has 0 saturated carbocycles. The molecule has 1 aromatic heterocycles. The number of methoxy groups -OCH3 is 3. The lowest BCUT2D eigenvalue weighted by Crippen LogP contribution is -2.59. The Balaban J connectivity index is 1.33. The number of aromatic amines is 1. The van der Waals surface area contributed by atoms with Crippen molar-refractivity contribution in [3.63, 3.8) is 0 Å². The number of hydrogen-bond donors (Lipinski definition) is 7. The summed E-state index contributed by atoms with van der Waals surface area (Å²) in [5, 5.41) is 55.2. The molecule has 4 aliphatic heterocycles. The molecule has 27 nitrogen and oxygen atoms in total. The van der Waals surface area contributed by atoms with Crippen LogP contribution in [0.4, 0.5) is 0 Å². The highest BCUT2D eigenvalue weighted by Crippen LogP contribution is 2.37. The Kier molecular flexibility index (Phi) is 25.7. The molecule has 5 heterocycles. The second-order valence-electron chi connectivity index (χ2n) is 21.1. The van der Waals surface area contributed by atoms with Gasteiger partial charge in [-0.05, 0) is 32.7 Å². The number of amides is 1. The van der Waals surface area contributed by atoms with Crippen molar-refractivity contribution in [1.29, 1.82) is 0 Å². The molecule has 27 heteroatoms. The number of nitrogens with one attached hydrogen (secondary N) is 1. The predicted octanol–water partition coefficient (Wildman–Crippen LogP) is -0.554. The molecule has 0 aliphatic carbocycles. The number of esters is 3. The molecule has 0 spiro atoms. The quantitative estimate of drug-likeness (QED) is 0.0289. The van der Waals surface area contributed by atoms with Crippen molar-refractivity contribution >= 4 is 29.8 Å². The van der Waals surface area contributed by atoms with Crippen LogP contribution in [0.3, 0.4) is 0 Å². The van der Waals surface area contributed by atoms with Gasteiger partial charge in [0.25, 0.3) is 5.56 Å². The molecule has 1 amide bonds. The number of likely N-dealkylation sites (N-methyl/N-ethyl adjacent to an activating group) is 2. The van der Waals surface area contributed by atoms with Crippen LogP contribution in [0, 0.1) is 5.92 Å². The number of aliphatic hydroxyl groups excluding tert-OH is 4. The lowest BCUT2D eigenvalue weighted by molar-refractivity contribution is -0.297. The summed E-state index contributed by atoms with van der Waals surface area (Å²) in [6.45, 7) is 4.76. The summed E-state index contributed by atoms with van der Waals surface area (Å²) in [5.74, 6) is -5.57. The summed E-state index contributed by atoms with van der Waals surface area (Å²) >= 11 is 0. The maximum absolute atomic E-state index is 14.7. The van der Waals surface area contributed by atoms with Crippen LogP contribution in [-0.4, -0.2) is 227 Å². The number of aliphatic carboxylic acids is 1. The smallest absolute Gasteiger partial charge is 0.330 e. The number of hydrogen-bond acceptors (Lipinski definition) is 23. The fourth-order valence-electron chi connectivity index (χ4n) is 10.8. The molecule has 0 radical (unpaired) electrons. The highest BCUT2D eigenvalue weighted by Gasteiger charge is 2.57. The fourth-order valence-corrected chi connectivity index (χ4v) is 10.8. The monoisotopic (exact) mass is 1130 g/mol. The number of aliphatic hydroxyl groups is 4. The van der Waals surface area contributed by atoms with E-state index in [-0.39, 0.29) is 25.8 Å². The van der Waals surface area contributed by atoms with Crippen LogP contribution in [0.15, 0.2) is 21.9 Å². The summed E-state index contributed by atoms with van der Waals surface area (Å²) in [6.07, 6.45) is -11.3. The van der Waals surface area contributed by atoms with Crippen molar-refractivity contribution in [2.24, 2.45) is 11.7 Å². The topological polar surface area (TPSA) is 366 Å². The Morgan fingerprint density at radius 2 is 1.37 bits per heavy atom. The maximum atomic E-state index is 14.7. The van der Waals surface area contributed by atoms with Crippen molar-refractivity contribution in [2.75, 3.05) is 48.5 Å². The summed E-state index contributed by atoms with van der Waals surface area (Å²) < 4.78 is 58.7. The largest absolute Gasteiger partial charge is 0.480 e. The van der Waals surface area contributed by atoms with Gasteiger partial charge < -0.3 is 83.5 Å². The molecule has 19 atom stereocenters. The summed E-state index contributed by atoms with van der Waals surface area (Å²) in [5.41, 5.74) is 3.94. The minimum atomic E-state index is -1.97. The lowest BCUT2D eigenvalue weighted by Gasteiger charge is -2.43. The molecule has 450 valence electrons. The maximum Gasteiger partial charge on any atom is 0.330 e. The molecule has 1 aromatic rings. The van der Waals surface area contributed by atoms with E-state index in [9.17, 15) is 59.1 Å². The predicted molar refractivity (Wildman–Crippen MR) is 275 cm³/mol. The molecular weight excluding hydrogens is 1050 g/mol. The zero-order valence-corrected chi connectivity index (χ0v) is 46.5. The van der Waals surface area contributed by atoms with Crippen LogP contribution in [0.2, 0.25) is 0 Å². The zero-order valence-electron chi connectivity index (χ0n) is 46.5. The van der Waals surface area contributed by atoms with Crippen molar-refractivity contribution in [3.05, 3.63) is 33.1 Å². The van der Waals surface area contributed by atoms with Crippen LogP contribution in [-0.2, 0) is 71.3 Å². The fraction of sp³-hybridized carbons (Fsp3) is 0.827. The first-order chi connectivity index (χ1) is 37.6. The number of H-pyrrole nitrogens is 1. The van der Waals surface area contributed by atoms with Gasteiger partial charge in [-0.3, -0.25) is 38.4 Å². The number of aromatic nitrogens is 2. The normalized spacial score (nSPS) is 32.5. The first kappa shape index (κ1) is 65.3. The minimum Gasteiger partial charge on any atom is -0.480 e. The van der Waals surface area contributed by atoms with Crippen molar-refractivity contribution in [2.45, 2.75) is 221 Å². The van der Waals surface area contributed by atoms with Crippen LogP contribution in [0.25, 0.3) is 0 Å². The van der Waals surface area contributed by atoms with E-state index in [1.54, 1.807) is 13.8 Å². The van der Waals surface area contributed by atoms with E-state index in [0.29, 0.717) is 6.42 Å². The Morgan fingerprint density at radius 3 is 1.95 bits per heavy atom. The number of ether oxygens (including phenoxy) is 10. The van der Waals surface area contributed by atoms with Gasteiger partial charge in [-0.25, -0.2) is 9.59 Å². The zero-order chi connectivity index (χ0) is 58.2. The van der Waals surface area contributed by atoms with Gasteiger partial charge in [0.2, 0.25) is 12.2 Å². The molecule has 4 aliphatic rings. The highest BCUT2D eigenvalue weighted by molar-refractivity contribution is 5.88. The minimum absolute atomic E-state index is 0.215. The number of nitrogens with two attached hydrogens (primary N) is 1. The van der Waals surface area contributed by atoms with Crippen molar-refractivity contribution < 1.29 is 96.9 Å². The standard InChI is InChI=1S/C52H85N5O22/c1-9-10-11-12-13-14-15-16-17-18-19-29(74-33(59)22-27(2)23-34(60)77-51-46(72-8)45(71-7)42(70-6)28(3)73-51)24-35(61)75-31-26-55(4)37(47(66)56(5)36(31)49(67)68)43(79-50-41(65)38(62)30(25-53)76-50)44-39(63)40(64)48(78-44)57-21-20-32(58)54-52(57)69/h20-21,27-31,36-46,48,50-51,62-65H,9-19,22-26,53H2,1-8H3,(H,67,68)(H,54,58,69)/t27-,28-,29-,30+,31-,36-,37-,38+,39-,40+,41+,42?,43-,44-,45+,46+,48+,50-,51-/m0/s1. The van der Waals surface area contributed by atoms with E-state index in [2.05, 4.69) is 6.92 Å². The average Bonchev–Trinajstić information content (AvgIpc) is 3.93. The second kappa shape index (κ2) is 31.1. The first-order valence-corrected chi connectivity index (χ1v) is 27.3. The summed E-state index contributed by atoms with van der Waals surface area (Å²) in [7, 11) is 6.87. The van der Waals surface area contributed by atoms with Gasteiger partial charge in [-0.1, -0.05) is 71.6 Å². The molecule has 8 N–H and O–H groups in total. The van der Waals surface area contributed by atoms with E-state index in [0.717, 1.165) is 67.3 Å². The first-order valence-electron chi connectivity index (χ1n) is 27.3. The van der Waals surface area contributed by atoms with Gasteiger partial charge in [0.15, 0.2) is 18.6 Å². The molecule has 4 saturated heterocycles. The van der Waals surface area contributed by atoms with Gasteiger partial charge in [0.05, 0.1) is 12.5 Å². The van der Waals surface area contributed by atoms with Gasteiger partial charge in [-0.15, -0.1) is 0 Å². The van der Waals surface area contributed by atoms with Crippen LogP contribution < -0.4 is 17.0 Å². The van der Waals surface area contributed by atoms with Crippen LogP contribution in [0.5, 0.6) is 0 Å².